The molecule has 1 aliphatic rings. The Bertz CT molecular complexity index is 841. The predicted octanol–water partition coefficient (Wildman–Crippen LogP) is 3.55. The summed E-state index contributed by atoms with van der Waals surface area (Å²) in [4.78, 5) is 13.0. The second-order valence-electron chi connectivity index (χ2n) is 8.17. The fourth-order valence-electron chi connectivity index (χ4n) is 3.07. The zero-order valence-corrected chi connectivity index (χ0v) is 18.7. The van der Waals surface area contributed by atoms with Gasteiger partial charge in [-0.3, -0.25) is 0 Å². The summed E-state index contributed by atoms with van der Waals surface area (Å²) in [6.07, 6.45) is -0.190. The molecule has 0 radical (unpaired) electrons. The van der Waals surface area contributed by atoms with Gasteiger partial charge in [-0.15, -0.1) is 0 Å². The Balaban J connectivity index is 2.56. The fraction of sp³-hybridized carbons (Fsp3) is 0.611. The Morgan fingerprint density at radius 2 is 2.00 bits per heavy atom. The zero-order chi connectivity index (χ0) is 21.3. The first-order valence-corrected chi connectivity index (χ1v) is 11.4. The van der Waals surface area contributed by atoms with E-state index < -0.39 is 27.8 Å². The summed E-state index contributed by atoms with van der Waals surface area (Å²) in [5.41, 5.74) is -0.844. The number of hydrogen-bond donors (Lipinski definition) is 2. The standard InChI is InChI=1S/C18H26Cl2N2O5S/c1-17(2,3)15-10-22(16(23)24)8-7-18(27-15,11-21-28(4,25)26)12-5-6-13(19)14(20)9-12/h5-6,9,15,21H,7-8,10-11H2,1-4H3,(H,23,24). The summed E-state index contributed by atoms with van der Waals surface area (Å²) in [5.74, 6) is 0. The van der Waals surface area contributed by atoms with E-state index in [0.29, 0.717) is 15.6 Å². The minimum absolute atomic E-state index is 0.0518. The summed E-state index contributed by atoms with van der Waals surface area (Å²) in [6.45, 7) is 6.17. The number of halogens is 2. The molecule has 10 heteroatoms. The van der Waals surface area contributed by atoms with Crippen molar-refractivity contribution in [2.24, 2.45) is 5.41 Å². The van der Waals surface area contributed by atoms with Crippen LogP contribution in [0.4, 0.5) is 4.79 Å². The van der Waals surface area contributed by atoms with Crippen LogP contribution in [-0.2, 0) is 20.4 Å². The van der Waals surface area contributed by atoms with Gasteiger partial charge in [-0.05, 0) is 29.5 Å². The quantitative estimate of drug-likeness (QED) is 0.727. The zero-order valence-electron chi connectivity index (χ0n) is 16.3. The van der Waals surface area contributed by atoms with Crippen molar-refractivity contribution in [2.75, 3.05) is 25.9 Å². The highest BCUT2D eigenvalue weighted by atomic mass is 35.5. The average molecular weight is 453 g/mol. The normalized spacial score (nSPS) is 24.1. The van der Waals surface area contributed by atoms with Gasteiger partial charge in [0, 0.05) is 13.1 Å². The Morgan fingerprint density at radius 1 is 1.36 bits per heavy atom. The molecule has 0 bridgehead atoms. The lowest BCUT2D eigenvalue weighted by Gasteiger charge is -2.40. The topological polar surface area (TPSA) is 95.9 Å². The molecule has 1 amide bonds. The van der Waals surface area contributed by atoms with Crippen molar-refractivity contribution in [2.45, 2.75) is 38.9 Å². The van der Waals surface area contributed by atoms with Gasteiger partial charge < -0.3 is 14.7 Å². The highest BCUT2D eigenvalue weighted by Gasteiger charge is 2.44. The van der Waals surface area contributed by atoms with E-state index in [4.69, 9.17) is 27.9 Å². The highest BCUT2D eigenvalue weighted by molar-refractivity contribution is 7.88. The number of amides is 1. The molecule has 1 saturated heterocycles. The van der Waals surface area contributed by atoms with Gasteiger partial charge in [-0.1, -0.05) is 50.0 Å². The lowest BCUT2D eigenvalue weighted by Crippen LogP contribution is -2.47. The molecule has 1 aromatic rings. The van der Waals surface area contributed by atoms with Crippen LogP contribution in [0.5, 0.6) is 0 Å². The van der Waals surface area contributed by atoms with E-state index in [2.05, 4.69) is 4.72 Å². The number of ether oxygens (including phenoxy) is 1. The van der Waals surface area contributed by atoms with Crippen molar-refractivity contribution in [3.63, 3.8) is 0 Å². The summed E-state index contributed by atoms with van der Waals surface area (Å²) >= 11 is 12.2. The first kappa shape index (κ1) is 23.2. The molecule has 2 unspecified atom stereocenters. The average Bonchev–Trinajstić information content (AvgIpc) is 2.76. The Labute approximate surface area is 176 Å². The Morgan fingerprint density at radius 3 is 2.50 bits per heavy atom. The Kier molecular flexibility index (Phi) is 6.93. The maximum absolute atomic E-state index is 11.8. The van der Waals surface area contributed by atoms with Crippen LogP contribution in [0, 0.1) is 5.41 Å². The molecule has 28 heavy (non-hydrogen) atoms. The van der Waals surface area contributed by atoms with Crippen LogP contribution in [0.15, 0.2) is 18.2 Å². The molecule has 0 aromatic heterocycles. The van der Waals surface area contributed by atoms with Crippen LogP contribution in [0.1, 0.15) is 32.8 Å². The van der Waals surface area contributed by atoms with E-state index >= 15 is 0 Å². The van der Waals surface area contributed by atoms with Crippen molar-refractivity contribution in [1.82, 2.24) is 9.62 Å². The van der Waals surface area contributed by atoms with Gasteiger partial charge in [0.25, 0.3) is 0 Å². The largest absolute Gasteiger partial charge is 0.465 e. The summed E-state index contributed by atoms with van der Waals surface area (Å²) in [7, 11) is -3.50. The van der Waals surface area contributed by atoms with Gasteiger partial charge in [0.1, 0.15) is 5.60 Å². The first-order chi connectivity index (χ1) is 12.7. The minimum atomic E-state index is -3.50. The van der Waals surface area contributed by atoms with E-state index in [1.807, 2.05) is 20.8 Å². The molecule has 2 atom stereocenters. The van der Waals surface area contributed by atoms with Crippen LogP contribution in [0.2, 0.25) is 10.0 Å². The van der Waals surface area contributed by atoms with E-state index in [-0.39, 0.29) is 31.5 Å². The van der Waals surface area contributed by atoms with Crippen molar-refractivity contribution >= 4 is 39.3 Å². The SMILES string of the molecule is CC(C)(C)C1CN(C(=O)O)CCC(CNS(C)(=O)=O)(c2ccc(Cl)c(Cl)c2)O1. The van der Waals surface area contributed by atoms with Crippen LogP contribution < -0.4 is 4.72 Å². The molecule has 0 spiro atoms. The molecule has 158 valence electrons. The molecule has 1 aliphatic heterocycles. The number of rotatable bonds is 4. The van der Waals surface area contributed by atoms with Gasteiger partial charge in [0.2, 0.25) is 10.0 Å². The number of sulfonamides is 1. The molecule has 2 rings (SSSR count). The molecule has 0 saturated carbocycles. The molecule has 0 aliphatic carbocycles. The van der Waals surface area contributed by atoms with Gasteiger partial charge >= 0.3 is 6.09 Å². The molecule has 1 aromatic carbocycles. The number of benzene rings is 1. The van der Waals surface area contributed by atoms with Crippen LogP contribution in [0.25, 0.3) is 0 Å². The molecule has 1 fully saturated rings. The van der Waals surface area contributed by atoms with E-state index in [0.717, 1.165) is 6.26 Å². The molecule has 7 nitrogen and oxygen atoms in total. The van der Waals surface area contributed by atoms with Crippen molar-refractivity contribution < 1.29 is 23.1 Å². The summed E-state index contributed by atoms with van der Waals surface area (Å²) in [5, 5.41) is 10.2. The number of carboxylic acid groups (broad SMARTS) is 1. The van der Waals surface area contributed by atoms with Gasteiger partial charge in [-0.2, -0.15) is 0 Å². The summed E-state index contributed by atoms with van der Waals surface area (Å²) < 4.78 is 32.6. The lowest BCUT2D eigenvalue weighted by atomic mass is 9.86. The van der Waals surface area contributed by atoms with E-state index in [1.165, 1.54) is 4.90 Å². The lowest BCUT2D eigenvalue weighted by molar-refractivity contribution is -0.127. The highest BCUT2D eigenvalue weighted by Crippen LogP contribution is 2.40. The van der Waals surface area contributed by atoms with Crippen molar-refractivity contribution in [3.8, 4) is 0 Å². The van der Waals surface area contributed by atoms with Gasteiger partial charge in [0.15, 0.2) is 0 Å². The number of nitrogens with one attached hydrogen (secondary N) is 1. The fourth-order valence-corrected chi connectivity index (χ4v) is 3.87. The smallest absolute Gasteiger partial charge is 0.407 e. The minimum Gasteiger partial charge on any atom is -0.465 e. The Hall–Kier alpha value is -1.06. The molecular weight excluding hydrogens is 427 g/mol. The van der Waals surface area contributed by atoms with Crippen LogP contribution in [-0.4, -0.2) is 56.5 Å². The monoisotopic (exact) mass is 452 g/mol. The van der Waals surface area contributed by atoms with Gasteiger partial charge in [-0.25, -0.2) is 17.9 Å². The van der Waals surface area contributed by atoms with Crippen molar-refractivity contribution in [1.29, 1.82) is 0 Å². The van der Waals surface area contributed by atoms with Crippen molar-refractivity contribution in [3.05, 3.63) is 33.8 Å². The predicted molar refractivity (Wildman–Crippen MR) is 110 cm³/mol. The first-order valence-electron chi connectivity index (χ1n) is 8.79. The third-order valence-electron chi connectivity index (χ3n) is 4.84. The van der Waals surface area contributed by atoms with Crippen LogP contribution >= 0.6 is 23.2 Å². The van der Waals surface area contributed by atoms with E-state index in [9.17, 15) is 18.3 Å². The van der Waals surface area contributed by atoms with Gasteiger partial charge in [0.05, 0.1) is 28.9 Å². The third kappa shape index (κ3) is 5.73. The number of nitrogens with zero attached hydrogens (tertiary/aromatic N) is 1. The third-order valence-corrected chi connectivity index (χ3v) is 6.25. The molecule has 2 N–H and O–H groups in total. The molecular formula is C18H26Cl2N2O5S. The van der Waals surface area contributed by atoms with Crippen LogP contribution in [0.3, 0.4) is 0 Å². The molecule has 1 heterocycles. The second-order valence-corrected chi connectivity index (χ2v) is 10.8. The maximum Gasteiger partial charge on any atom is 0.407 e. The second kappa shape index (κ2) is 8.36. The van der Waals surface area contributed by atoms with E-state index in [1.54, 1.807) is 18.2 Å². The number of carbonyl (C=O) groups is 1. The summed E-state index contributed by atoms with van der Waals surface area (Å²) in [6, 6.07) is 5.00. The maximum atomic E-state index is 11.8. The number of hydrogen-bond acceptors (Lipinski definition) is 4.